The van der Waals surface area contributed by atoms with Crippen molar-refractivity contribution in [2.45, 2.75) is 70.2 Å². The Hall–Kier alpha value is -1.59. The highest BCUT2D eigenvalue weighted by atomic mass is 35.5. The molecule has 1 saturated heterocycles. The number of hydrogen-bond donors (Lipinski definition) is 1. The summed E-state index contributed by atoms with van der Waals surface area (Å²) in [5.74, 6) is -0.326. The minimum Gasteiger partial charge on any atom is -0.353 e. The molecule has 1 aliphatic carbocycles. The lowest BCUT2D eigenvalue weighted by atomic mass is 9.89. The lowest BCUT2D eigenvalue weighted by molar-refractivity contribution is -0.127. The van der Waals surface area contributed by atoms with Crippen molar-refractivity contribution in [2.75, 3.05) is 6.61 Å². The standard InChI is InChI=1S/C20H27ClN2O3/c1-3-14(2)22-18(24)17-13-26-20(10-5-4-6-11-20)23(17)19(25)15-8-7-9-16(21)12-15/h7-9,12,14,17H,3-6,10-11,13H2,1-2H3,(H,22,24). The van der Waals surface area contributed by atoms with Crippen LogP contribution < -0.4 is 5.32 Å². The van der Waals surface area contributed by atoms with Gasteiger partial charge in [-0.05, 0) is 57.2 Å². The number of carbonyl (C=O) groups is 2. The zero-order valence-electron chi connectivity index (χ0n) is 15.5. The molecule has 1 saturated carbocycles. The number of nitrogens with one attached hydrogen (secondary N) is 1. The van der Waals surface area contributed by atoms with Gasteiger partial charge < -0.3 is 10.1 Å². The molecule has 1 N–H and O–H groups in total. The quantitative estimate of drug-likeness (QED) is 0.867. The number of ether oxygens (including phenoxy) is 1. The van der Waals surface area contributed by atoms with E-state index < -0.39 is 11.8 Å². The van der Waals surface area contributed by atoms with Crippen LogP contribution >= 0.6 is 11.6 Å². The minimum absolute atomic E-state index is 0.0635. The minimum atomic E-state index is -0.672. The van der Waals surface area contributed by atoms with Crippen molar-refractivity contribution in [2.24, 2.45) is 0 Å². The van der Waals surface area contributed by atoms with Gasteiger partial charge in [-0.1, -0.05) is 31.0 Å². The van der Waals surface area contributed by atoms with E-state index in [9.17, 15) is 9.59 Å². The summed E-state index contributed by atoms with van der Waals surface area (Å²) in [6.45, 7) is 4.23. The van der Waals surface area contributed by atoms with Crippen molar-refractivity contribution in [1.29, 1.82) is 0 Å². The van der Waals surface area contributed by atoms with E-state index in [1.54, 1.807) is 29.2 Å². The maximum Gasteiger partial charge on any atom is 0.256 e. The molecule has 2 unspecified atom stereocenters. The van der Waals surface area contributed by atoms with Crippen molar-refractivity contribution < 1.29 is 14.3 Å². The molecule has 1 aromatic carbocycles. The van der Waals surface area contributed by atoms with E-state index in [0.29, 0.717) is 10.6 Å². The molecule has 2 atom stereocenters. The third-order valence-corrected chi connectivity index (χ3v) is 5.72. The van der Waals surface area contributed by atoms with Crippen LogP contribution in [0.2, 0.25) is 5.02 Å². The Morgan fingerprint density at radius 1 is 1.35 bits per heavy atom. The summed E-state index contributed by atoms with van der Waals surface area (Å²) in [7, 11) is 0. The fraction of sp³-hybridized carbons (Fsp3) is 0.600. The molecule has 2 aliphatic rings. The SMILES string of the molecule is CCC(C)NC(=O)C1COC2(CCCCC2)N1C(=O)c1cccc(Cl)c1. The van der Waals surface area contributed by atoms with Crippen molar-refractivity contribution in [3.05, 3.63) is 34.9 Å². The smallest absolute Gasteiger partial charge is 0.256 e. The van der Waals surface area contributed by atoms with Crippen LogP contribution in [0.3, 0.4) is 0 Å². The molecule has 1 spiro atoms. The summed E-state index contributed by atoms with van der Waals surface area (Å²) >= 11 is 6.08. The van der Waals surface area contributed by atoms with Crippen LogP contribution in [-0.2, 0) is 9.53 Å². The highest BCUT2D eigenvalue weighted by molar-refractivity contribution is 6.31. The van der Waals surface area contributed by atoms with E-state index in [2.05, 4.69) is 5.32 Å². The van der Waals surface area contributed by atoms with Gasteiger partial charge in [0, 0.05) is 16.6 Å². The highest BCUT2D eigenvalue weighted by Gasteiger charge is 2.53. The van der Waals surface area contributed by atoms with Crippen LogP contribution in [0.25, 0.3) is 0 Å². The number of carbonyl (C=O) groups excluding carboxylic acids is 2. The van der Waals surface area contributed by atoms with Crippen LogP contribution in [0.5, 0.6) is 0 Å². The average Bonchev–Trinajstić information content (AvgIpc) is 3.00. The molecule has 0 bridgehead atoms. The number of benzene rings is 1. The number of halogens is 1. The van der Waals surface area contributed by atoms with Crippen LogP contribution in [-0.4, -0.2) is 41.1 Å². The zero-order valence-corrected chi connectivity index (χ0v) is 16.2. The highest BCUT2D eigenvalue weighted by Crippen LogP contribution is 2.41. The molecule has 1 aliphatic heterocycles. The molecule has 142 valence electrons. The molecule has 1 aromatic rings. The second kappa shape index (κ2) is 7.97. The predicted octanol–water partition coefficient (Wildman–Crippen LogP) is 3.76. The fourth-order valence-corrected chi connectivity index (χ4v) is 4.06. The summed E-state index contributed by atoms with van der Waals surface area (Å²) in [5, 5.41) is 3.51. The van der Waals surface area contributed by atoms with E-state index in [-0.39, 0.29) is 24.5 Å². The van der Waals surface area contributed by atoms with Gasteiger partial charge in [0.05, 0.1) is 6.61 Å². The van der Waals surface area contributed by atoms with Crippen LogP contribution in [0.1, 0.15) is 62.7 Å². The summed E-state index contributed by atoms with van der Waals surface area (Å²) in [6, 6.07) is 6.35. The summed E-state index contributed by atoms with van der Waals surface area (Å²) in [6.07, 6.45) is 5.51. The van der Waals surface area contributed by atoms with Crippen molar-refractivity contribution >= 4 is 23.4 Å². The lowest BCUT2D eigenvalue weighted by Crippen LogP contribution is -2.57. The Bertz CT molecular complexity index is 673. The largest absolute Gasteiger partial charge is 0.353 e. The predicted molar refractivity (Wildman–Crippen MR) is 101 cm³/mol. The number of hydrogen-bond acceptors (Lipinski definition) is 3. The maximum atomic E-state index is 13.4. The van der Waals surface area contributed by atoms with Crippen molar-refractivity contribution in [1.82, 2.24) is 10.2 Å². The van der Waals surface area contributed by atoms with Gasteiger partial charge in [-0.25, -0.2) is 0 Å². The molecule has 26 heavy (non-hydrogen) atoms. The number of amides is 2. The Kier molecular flexibility index (Phi) is 5.88. The maximum absolute atomic E-state index is 13.4. The Labute approximate surface area is 160 Å². The summed E-state index contributed by atoms with van der Waals surface area (Å²) in [4.78, 5) is 27.9. The van der Waals surface area contributed by atoms with Crippen molar-refractivity contribution in [3.8, 4) is 0 Å². The molecule has 0 aromatic heterocycles. The molecule has 3 rings (SSSR count). The van der Waals surface area contributed by atoms with Gasteiger partial charge in [-0.2, -0.15) is 0 Å². The van der Waals surface area contributed by atoms with Gasteiger partial charge in [0.2, 0.25) is 5.91 Å². The second-order valence-corrected chi connectivity index (χ2v) is 7.77. The first kappa shape index (κ1) is 19.2. The lowest BCUT2D eigenvalue weighted by Gasteiger charge is -2.41. The summed E-state index contributed by atoms with van der Waals surface area (Å²) < 4.78 is 6.13. The van der Waals surface area contributed by atoms with Gasteiger partial charge in [0.1, 0.15) is 11.8 Å². The molecule has 1 heterocycles. The number of nitrogens with zero attached hydrogens (tertiary/aromatic N) is 1. The average molecular weight is 379 g/mol. The Morgan fingerprint density at radius 2 is 2.08 bits per heavy atom. The monoisotopic (exact) mass is 378 g/mol. The molecule has 0 radical (unpaired) electrons. The first-order valence-electron chi connectivity index (χ1n) is 9.50. The third-order valence-electron chi connectivity index (χ3n) is 5.49. The Morgan fingerprint density at radius 3 is 2.73 bits per heavy atom. The molecule has 2 fully saturated rings. The van der Waals surface area contributed by atoms with E-state index in [1.165, 1.54) is 0 Å². The Balaban J connectivity index is 1.92. The van der Waals surface area contributed by atoms with Crippen LogP contribution in [0, 0.1) is 0 Å². The van der Waals surface area contributed by atoms with E-state index in [1.807, 2.05) is 13.8 Å². The summed E-state index contributed by atoms with van der Waals surface area (Å²) in [5.41, 5.74) is -0.177. The van der Waals surface area contributed by atoms with Gasteiger partial charge in [0.15, 0.2) is 0 Å². The molecule has 5 nitrogen and oxygen atoms in total. The zero-order chi connectivity index (χ0) is 18.7. The third kappa shape index (κ3) is 3.74. The van der Waals surface area contributed by atoms with Gasteiger partial charge in [-0.3, -0.25) is 14.5 Å². The van der Waals surface area contributed by atoms with Crippen LogP contribution in [0.15, 0.2) is 24.3 Å². The first-order chi connectivity index (χ1) is 12.5. The normalized spacial score (nSPS) is 23.0. The van der Waals surface area contributed by atoms with E-state index in [4.69, 9.17) is 16.3 Å². The van der Waals surface area contributed by atoms with Gasteiger partial charge in [-0.15, -0.1) is 0 Å². The van der Waals surface area contributed by atoms with Crippen LogP contribution in [0.4, 0.5) is 0 Å². The second-order valence-electron chi connectivity index (χ2n) is 7.34. The molecule has 2 amide bonds. The molecular formula is C20H27ClN2O3. The molecular weight excluding hydrogens is 352 g/mol. The topological polar surface area (TPSA) is 58.6 Å². The van der Waals surface area contributed by atoms with E-state index >= 15 is 0 Å². The fourth-order valence-electron chi connectivity index (χ4n) is 3.87. The van der Waals surface area contributed by atoms with Gasteiger partial charge in [0.25, 0.3) is 5.91 Å². The number of rotatable bonds is 4. The first-order valence-corrected chi connectivity index (χ1v) is 9.88. The van der Waals surface area contributed by atoms with E-state index in [0.717, 1.165) is 38.5 Å². The van der Waals surface area contributed by atoms with Gasteiger partial charge >= 0.3 is 0 Å². The van der Waals surface area contributed by atoms with Crippen molar-refractivity contribution in [3.63, 3.8) is 0 Å². The molecule has 6 heteroatoms.